The SMILES string of the molecule is CN(C(=O)c1cccc(NC(=O)C2C3CC4OC(=O)C2C4C3)c1)c1ccccc1Cl. The van der Waals surface area contributed by atoms with Gasteiger partial charge in [-0.1, -0.05) is 29.8 Å². The molecule has 1 aliphatic heterocycles. The number of amides is 2. The van der Waals surface area contributed by atoms with Gasteiger partial charge in [0.1, 0.15) is 6.10 Å². The third kappa shape index (κ3) is 2.98. The van der Waals surface area contributed by atoms with Crippen molar-refractivity contribution in [1.82, 2.24) is 0 Å². The Balaban J connectivity index is 1.33. The van der Waals surface area contributed by atoms with Gasteiger partial charge in [-0.15, -0.1) is 0 Å². The van der Waals surface area contributed by atoms with Gasteiger partial charge in [0.2, 0.25) is 5.91 Å². The molecule has 2 amide bonds. The number of ether oxygens (including phenoxy) is 1. The molecule has 2 saturated carbocycles. The predicted molar refractivity (Wildman–Crippen MR) is 112 cm³/mol. The highest BCUT2D eigenvalue weighted by Crippen LogP contribution is 2.57. The highest BCUT2D eigenvalue weighted by atomic mass is 35.5. The van der Waals surface area contributed by atoms with Crippen LogP contribution in [-0.2, 0) is 14.3 Å². The fourth-order valence-electron chi connectivity index (χ4n) is 5.35. The van der Waals surface area contributed by atoms with Crippen LogP contribution in [0.2, 0.25) is 5.02 Å². The van der Waals surface area contributed by atoms with Gasteiger partial charge in [0.15, 0.2) is 0 Å². The van der Waals surface area contributed by atoms with Crippen molar-refractivity contribution in [3.8, 4) is 0 Å². The Bertz CT molecular complexity index is 1050. The molecule has 0 spiro atoms. The Morgan fingerprint density at radius 2 is 1.93 bits per heavy atom. The highest BCUT2D eigenvalue weighted by Gasteiger charge is 2.63. The average molecular weight is 425 g/mol. The zero-order chi connectivity index (χ0) is 21.0. The molecule has 2 bridgehead atoms. The van der Waals surface area contributed by atoms with Crippen LogP contribution < -0.4 is 10.2 Å². The molecule has 7 heteroatoms. The van der Waals surface area contributed by atoms with Crippen LogP contribution in [0.4, 0.5) is 11.4 Å². The van der Waals surface area contributed by atoms with E-state index in [1.165, 1.54) is 4.90 Å². The summed E-state index contributed by atoms with van der Waals surface area (Å²) >= 11 is 6.21. The molecule has 154 valence electrons. The second kappa shape index (κ2) is 7.13. The van der Waals surface area contributed by atoms with Crippen molar-refractivity contribution in [2.75, 3.05) is 17.3 Å². The van der Waals surface area contributed by atoms with Crippen molar-refractivity contribution < 1.29 is 19.1 Å². The summed E-state index contributed by atoms with van der Waals surface area (Å²) in [6, 6.07) is 13.9. The number of nitrogens with zero attached hydrogens (tertiary/aromatic N) is 1. The fraction of sp³-hybridized carbons (Fsp3) is 0.348. The minimum absolute atomic E-state index is 0.00199. The Morgan fingerprint density at radius 1 is 1.13 bits per heavy atom. The van der Waals surface area contributed by atoms with Crippen LogP contribution in [0.3, 0.4) is 0 Å². The first-order valence-electron chi connectivity index (χ1n) is 10.1. The average Bonchev–Trinajstić information content (AvgIpc) is 3.36. The summed E-state index contributed by atoms with van der Waals surface area (Å²) in [6.07, 6.45) is 1.64. The standard InChI is InChI=1S/C23H21ClN2O4/c1-26(17-8-3-2-7-16(17)24)22(28)12-5-4-6-14(9-12)25-21(27)19-13-10-15-18(11-13)30-23(29)20(15)19/h2-9,13,15,18-20H,10-11H2,1H3,(H,25,27). The molecule has 5 rings (SSSR count). The predicted octanol–water partition coefficient (Wildman–Crippen LogP) is 3.75. The van der Waals surface area contributed by atoms with Gasteiger partial charge in [-0.2, -0.15) is 0 Å². The molecule has 30 heavy (non-hydrogen) atoms. The summed E-state index contributed by atoms with van der Waals surface area (Å²) in [5, 5.41) is 3.40. The Morgan fingerprint density at radius 3 is 2.73 bits per heavy atom. The summed E-state index contributed by atoms with van der Waals surface area (Å²) in [5.41, 5.74) is 1.57. The van der Waals surface area contributed by atoms with Crippen molar-refractivity contribution in [3.05, 3.63) is 59.1 Å². The molecule has 2 aromatic carbocycles. The number of para-hydroxylation sites is 1. The molecular formula is C23H21ClN2O4. The van der Waals surface area contributed by atoms with Crippen LogP contribution in [0.1, 0.15) is 23.2 Å². The van der Waals surface area contributed by atoms with Crippen LogP contribution in [0.25, 0.3) is 0 Å². The van der Waals surface area contributed by atoms with Gasteiger partial charge in [0.05, 0.1) is 22.5 Å². The minimum atomic E-state index is -0.355. The quantitative estimate of drug-likeness (QED) is 0.758. The van der Waals surface area contributed by atoms with Crippen molar-refractivity contribution in [1.29, 1.82) is 0 Å². The largest absolute Gasteiger partial charge is 0.462 e. The maximum atomic E-state index is 13.0. The molecule has 6 nitrogen and oxygen atoms in total. The molecule has 2 aliphatic carbocycles. The van der Waals surface area contributed by atoms with Crippen LogP contribution in [-0.4, -0.2) is 30.9 Å². The summed E-state index contributed by atoms with van der Waals surface area (Å²) in [6.45, 7) is 0. The second-order valence-corrected chi connectivity index (χ2v) is 8.72. The maximum absolute atomic E-state index is 13.0. The molecule has 3 fully saturated rings. The molecule has 5 atom stereocenters. The fourth-order valence-corrected chi connectivity index (χ4v) is 5.61. The van der Waals surface area contributed by atoms with E-state index in [0.717, 1.165) is 12.8 Å². The van der Waals surface area contributed by atoms with E-state index < -0.39 is 0 Å². The number of hydrogen-bond donors (Lipinski definition) is 1. The molecule has 1 N–H and O–H groups in total. The minimum Gasteiger partial charge on any atom is -0.462 e. The first kappa shape index (κ1) is 19.1. The van der Waals surface area contributed by atoms with E-state index in [0.29, 0.717) is 22.0 Å². The maximum Gasteiger partial charge on any atom is 0.310 e. The highest BCUT2D eigenvalue weighted by molar-refractivity contribution is 6.34. The summed E-state index contributed by atoms with van der Waals surface area (Å²) < 4.78 is 5.42. The van der Waals surface area contributed by atoms with Gasteiger partial charge in [0.25, 0.3) is 5.91 Å². The lowest BCUT2D eigenvalue weighted by atomic mass is 9.79. The lowest BCUT2D eigenvalue weighted by molar-refractivity contribution is -0.145. The van der Waals surface area contributed by atoms with Crippen LogP contribution in [0.15, 0.2) is 48.5 Å². The lowest BCUT2D eigenvalue weighted by Gasteiger charge is -2.23. The lowest BCUT2D eigenvalue weighted by Crippen LogP contribution is -2.35. The molecular weight excluding hydrogens is 404 g/mol. The van der Waals surface area contributed by atoms with Crippen molar-refractivity contribution in [2.24, 2.45) is 23.7 Å². The monoisotopic (exact) mass is 424 g/mol. The Labute approximate surface area is 179 Å². The zero-order valence-corrected chi connectivity index (χ0v) is 17.1. The smallest absolute Gasteiger partial charge is 0.310 e. The van der Waals surface area contributed by atoms with Gasteiger partial charge in [-0.05, 0) is 49.1 Å². The molecule has 1 heterocycles. The van der Waals surface area contributed by atoms with E-state index in [1.807, 2.05) is 6.07 Å². The van der Waals surface area contributed by atoms with Gasteiger partial charge in [0, 0.05) is 24.2 Å². The van der Waals surface area contributed by atoms with Gasteiger partial charge >= 0.3 is 5.97 Å². The van der Waals surface area contributed by atoms with Crippen LogP contribution in [0.5, 0.6) is 0 Å². The van der Waals surface area contributed by atoms with E-state index in [2.05, 4.69) is 5.32 Å². The van der Waals surface area contributed by atoms with Crippen LogP contribution >= 0.6 is 11.6 Å². The summed E-state index contributed by atoms with van der Waals surface area (Å²) in [7, 11) is 1.66. The Hall–Kier alpha value is -2.86. The van der Waals surface area contributed by atoms with Crippen molar-refractivity contribution in [2.45, 2.75) is 18.9 Å². The van der Waals surface area contributed by atoms with Crippen molar-refractivity contribution >= 4 is 40.8 Å². The van der Waals surface area contributed by atoms with E-state index in [1.54, 1.807) is 49.5 Å². The van der Waals surface area contributed by atoms with Gasteiger partial charge < -0.3 is 15.0 Å². The van der Waals surface area contributed by atoms with E-state index >= 15 is 0 Å². The number of nitrogens with one attached hydrogen (secondary N) is 1. The first-order valence-corrected chi connectivity index (χ1v) is 10.5. The van der Waals surface area contributed by atoms with Crippen LogP contribution in [0, 0.1) is 23.7 Å². The molecule has 0 aromatic heterocycles. The number of anilines is 2. The summed E-state index contributed by atoms with van der Waals surface area (Å²) in [4.78, 5) is 39.6. The second-order valence-electron chi connectivity index (χ2n) is 8.31. The molecule has 0 radical (unpaired) electrons. The zero-order valence-electron chi connectivity index (χ0n) is 16.4. The normalized spacial score (nSPS) is 28.3. The number of fused-ring (bicyclic) bond motifs is 1. The number of hydrogen-bond acceptors (Lipinski definition) is 4. The molecule has 2 aromatic rings. The first-order chi connectivity index (χ1) is 14.4. The number of carbonyl (C=O) groups excluding carboxylic acids is 3. The molecule has 5 unspecified atom stereocenters. The third-order valence-corrected chi connectivity index (χ3v) is 7.00. The Kier molecular flexibility index (Phi) is 4.54. The van der Waals surface area contributed by atoms with Crippen molar-refractivity contribution in [3.63, 3.8) is 0 Å². The number of carbonyl (C=O) groups is 3. The topological polar surface area (TPSA) is 75.7 Å². The van der Waals surface area contributed by atoms with E-state index in [-0.39, 0.29) is 47.6 Å². The number of halogens is 1. The van der Waals surface area contributed by atoms with Gasteiger partial charge in [-0.25, -0.2) is 0 Å². The van der Waals surface area contributed by atoms with E-state index in [4.69, 9.17) is 16.3 Å². The molecule has 1 saturated heterocycles. The van der Waals surface area contributed by atoms with E-state index in [9.17, 15) is 14.4 Å². The number of rotatable bonds is 4. The molecule has 3 aliphatic rings. The third-order valence-electron chi connectivity index (χ3n) is 6.68. The summed E-state index contributed by atoms with van der Waals surface area (Å²) in [5.74, 6) is -0.968. The number of benzene rings is 2. The van der Waals surface area contributed by atoms with Gasteiger partial charge in [-0.3, -0.25) is 14.4 Å². The number of esters is 1.